The van der Waals surface area contributed by atoms with Crippen molar-refractivity contribution in [2.75, 3.05) is 19.0 Å². The highest BCUT2D eigenvalue weighted by Crippen LogP contribution is 2.04. The fraction of sp³-hybridized carbons (Fsp3) is 0.750. The second kappa shape index (κ2) is 6.39. The number of hydrogen-bond donors (Lipinski definition) is 2. The summed E-state index contributed by atoms with van der Waals surface area (Å²) in [6.07, 6.45) is 1.58. The fourth-order valence-corrected chi connectivity index (χ4v) is 1.58. The van der Waals surface area contributed by atoms with Gasteiger partial charge in [-0.3, -0.25) is 10.1 Å². The molecule has 1 aliphatic heterocycles. The Bertz CT molecular complexity index is 280. The molecular formula is C8H13ClN4O3. The van der Waals surface area contributed by atoms with E-state index >= 15 is 0 Å². The third-order valence-electron chi connectivity index (χ3n) is 2.24. The van der Waals surface area contributed by atoms with Gasteiger partial charge in [0.1, 0.15) is 0 Å². The van der Waals surface area contributed by atoms with Crippen molar-refractivity contribution in [2.45, 2.75) is 18.9 Å². The summed E-state index contributed by atoms with van der Waals surface area (Å²) in [6.45, 7) is 0.728. The Kier molecular flexibility index (Phi) is 5.13. The average Bonchev–Trinajstić information content (AvgIpc) is 2.78. The molecule has 1 rings (SSSR count). The molecular weight excluding hydrogens is 236 g/mol. The predicted molar refractivity (Wildman–Crippen MR) is 57.8 cm³/mol. The van der Waals surface area contributed by atoms with E-state index in [-0.39, 0.29) is 18.5 Å². The van der Waals surface area contributed by atoms with Gasteiger partial charge in [-0.2, -0.15) is 5.01 Å². The molecule has 0 spiro atoms. The molecule has 7 nitrogen and oxygen atoms in total. The van der Waals surface area contributed by atoms with Gasteiger partial charge in [0, 0.05) is 5.88 Å². The molecule has 0 aromatic rings. The summed E-state index contributed by atoms with van der Waals surface area (Å²) in [5.41, 5.74) is 0. The van der Waals surface area contributed by atoms with Gasteiger partial charge in [-0.25, -0.2) is 4.79 Å². The van der Waals surface area contributed by atoms with Crippen LogP contribution in [-0.2, 0) is 4.79 Å². The van der Waals surface area contributed by atoms with E-state index in [0.29, 0.717) is 11.4 Å². The molecule has 3 amide bonds. The number of nitrogens with one attached hydrogen (secondary N) is 2. The number of nitroso groups, excluding NO2 is 1. The highest BCUT2D eigenvalue weighted by Gasteiger charge is 2.25. The van der Waals surface area contributed by atoms with E-state index in [9.17, 15) is 14.5 Å². The maximum absolute atomic E-state index is 11.5. The minimum absolute atomic E-state index is 0.0255. The first-order valence-electron chi connectivity index (χ1n) is 4.94. The Morgan fingerprint density at radius 3 is 2.81 bits per heavy atom. The number of imide groups is 1. The number of halogens is 1. The van der Waals surface area contributed by atoms with E-state index < -0.39 is 11.9 Å². The van der Waals surface area contributed by atoms with Crippen LogP contribution in [-0.4, -0.2) is 42.0 Å². The molecule has 0 aromatic heterocycles. The summed E-state index contributed by atoms with van der Waals surface area (Å²) in [5, 5.41) is 8.08. The van der Waals surface area contributed by atoms with Gasteiger partial charge in [0.25, 0.3) is 0 Å². The molecule has 16 heavy (non-hydrogen) atoms. The lowest BCUT2D eigenvalue weighted by Gasteiger charge is -2.14. The Balaban J connectivity index is 2.42. The summed E-state index contributed by atoms with van der Waals surface area (Å²) >= 11 is 5.36. The molecule has 1 aliphatic rings. The molecule has 0 saturated carbocycles. The normalized spacial score (nSPS) is 19.2. The lowest BCUT2D eigenvalue weighted by atomic mass is 10.2. The summed E-state index contributed by atoms with van der Waals surface area (Å²) in [4.78, 5) is 33.1. The molecule has 2 N–H and O–H groups in total. The van der Waals surface area contributed by atoms with Crippen molar-refractivity contribution in [3.05, 3.63) is 4.91 Å². The summed E-state index contributed by atoms with van der Waals surface area (Å²) in [6, 6.07) is -1.21. The molecule has 1 atom stereocenters. The number of carbonyl (C=O) groups is 2. The van der Waals surface area contributed by atoms with Gasteiger partial charge in [0.05, 0.1) is 17.9 Å². The van der Waals surface area contributed by atoms with Crippen molar-refractivity contribution in [2.24, 2.45) is 5.29 Å². The highest BCUT2D eigenvalue weighted by molar-refractivity contribution is 6.18. The maximum atomic E-state index is 11.5. The van der Waals surface area contributed by atoms with Crippen molar-refractivity contribution in [3.63, 3.8) is 0 Å². The van der Waals surface area contributed by atoms with E-state index in [0.717, 1.165) is 13.0 Å². The third-order valence-corrected chi connectivity index (χ3v) is 2.41. The Labute approximate surface area is 97.4 Å². The zero-order valence-electron chi connectivity index (χ0n) is 8.61. The smallest absolute Gasteiger partial charge is 0.306 e. The number of carbonyl (C=O) groups excluding carboxylic acids is 2. The van der Waals surface area contributed by atoms with Crippen molar-refractivity contribution in [1.82, 2.24) is 15.6 Å². The van der Waals surface area contributed by atoms with Gasteiger partial charge in [-0.1, -0.05) is 0 Å². The minimum Gasteiger partial charge on any atom is -0.306 e. The number of nitrogens with zero attached hydrogens (tertiary/aromatic N) is 2. The quantitative estimate of drug-likeness (QED) is 0.422. The van der Waals surface area contributed by atoms with Crippen LogP contribution in [0.4, 0.5) is 4.79 Å². The van der Waals surface area contributed by atoms with E-state index in [1.54, 1.807) is 0 Å². The SMILES string of the molecule is O=NN(CCCl)C(=O)NC(=O)[C@@H]1CCCN1. The van der Waals surface area contributed by atoms with Crippen LogP contribution in [0.25, 0.3) is 0 Å². The number of urea groups is 1. The predicted octanol–water partition coefficient (Wildman–Crippen LogP) is 0.197. The maximum Gasteiger partial charge on any atom is 0.347 e. The zero-order valence-corrected chi connectivity index (χ0v) is 9.37. The summed E-state index contributed by atoms with van der Waals surface area (Å²) in [7, 11) is 0. The molecule has 0 bridgehead atoms. The van der Waals surface area contributed by atoms with Crippen LogP contribution in [0, 0.1) is 4.91 Å². The molecule has 8 heteroatoms. The molecule has 1 saturated heterocycles. The topological polar surface area (TPSA) is 90.9 Å². The first-order valence-corrected chi connectivity index (χ1v) is 5.47. The van der Waals surface area contributed by atoms with Gasteiger partial charge in [-0.05, 0) is 19.4 Å². The summed E-state index contributed by atoms with van der Waals surface area (Å²) < 4.78 is 0. The minimum atomic E-state index is -0.839. The van der Waals surface area contributed by atoms with Gasteiger partial charge in [0.2, 0.25) is 5.91 Å². The van der Waals surface area contributed by atoms with Crippen LogP contribution in [0.2, 0.25) is 0 Å². The van der Waals surface area contributed by atoms with Crippen LogP contribution in [0.1, 0.15) is 12.8 Å². The van der Waals surface area contributed by atoms with E-state index in [1.165, 1.54) is 0 Å². The Morgan fingerprint density at radius 1 is 1.56 bits per heavy atom. The standard InChI is InChI=1S/C8H13ClN4O3/c9-3-5-13(12-16)8(15)11-7(14)6-2-1-4-10-6/h6,10H,1-5H2,(H,11,14,15)/t6-/m0/s1. The van der Waals surface area contributed by atoms with Crippen molar-refractivity contribution < 1.29 is 9.59 Å². The van der Waals surface area contributed by atoms with E-state index in [4.69, 9.17) is 11.6 Å². The van der Waals surface area contributed by atoms with Gasteiger partial charge < -0.3 is 5.32 Å². The first-order chi connectivity index (χ1) is 7.69. The number of hydrogen-bond acceptors (Lipinski definition) is 5. The van der Waals surface area contributed by atoms with Crippen molar-refractivity contribution in [3.8, 4) is 0 Å². The number of amides is 3. The molecule has 0 unspecified atom stereocenters. The number of alkyl halides is 1. The zero-order chi connectivity index (χ0) is 12.0. The summed E-state index contributed by atoms with van der Waals surface area (Å²) in [5.74, 6) is -0.361. The van der Waals surface area contributed by atoms with Crippen LogP contribution in [0.5, 0.6) is 0 Å². The van der Waals surface area contributed by atoms with Crippen LogP contribution in [0.15, 0.2) is 5.29 Å². The molecule has 0 radical (unpaired) electrons. The van der Waals surface area contributed by atoms with Gasteiger partial charge in [-0.15, -0.1) is 16.5 Å². The average molecular weight is 249 g/mol. The van der Waals surface area contributed by atoms with E-state index in [2.05, 4.69) is 15.9 Å². The molecule has 1 heterocycles. The molecule has 90 valence electrons. The molecule has 0 aliphatic carbocycles. The van der Waals surface area contributed by atoms with Crippen LogP contribution < -0.4 is 10.6 Å². The van der Waals surface area contributed by atoms with Crippen molar-refractivity contribution in [1.29, 1.82) is 0 Å². The van der Waals surface area contributed by atoms with Crippen LogP contribution in [0.3, 0.4) is 0 Å². The highest BCUT2D eigenvalue weighted by atomic mass is 35.5. The Hall–Kier alpha value is -1.21. The molecule has 0 aromatic carbocycles. The third kappa shape index (κ3) is 3.42. The largest absolute Gasteiger partial charge is 0.347 e. The monoisotopic (exact) mass is 248 g/mol. The lowest BCUT2D eigenvalue weighted by Crippen LogP contribution is -2.47. The van der Waals surface area contributed by atoms with E-state index in [1.807, 2.05) is 0 Å². The first kappa shape index (κ1) is 12.9. The second-order valence-electron chi connectivity index (χ2n) is 3.34. The molecule has 1 fully saturated rings. The second-order valence-corrected chi connectivity index (χ2v) is 3.72. The van der Waals surface area contributed by atoms with Crippen molar-refractivity contribution >= 4 is 23.5 Å². The fourth-order valence-electron chi connectivity index (χ4n) is 1.42. The number of rotatable bonds is 4. The lowest BCUT2D eigenvalue weighted by molar-refractivity contribution is -0.121. The van der Waals surface area contributed by atoms with Crippen LogP contribution >= 0.6 is 11.6 Å². The van der Waals surface area contributed by atoms with Gasteiger partial charge >= 0.3 is 6.03 Å². The van der Waals surface area contributed by atoms with Gasteiger partial charge in [0.15, 0.2) is 0 Å². The Morgan fingerprint density at radius 2 is 2.31 bits per heavy atom.